The van der Waals surface area contributed by atoms with Gasteiger partial charge in [0, 0.05) is 13.2 Å². The number of nitrogens with zero attached hydrogens (tertiary/aromatic N) is 4. The second-order valence-electron chi connectivity index (χ2n) is 4.14. The number of nitrogen functional groups attached to an aromatic ring is 1. The molecule has 2 aromatic rings. The molecule has 0 unspecified atom stereocenters. The lowest BCUT2D eigenvalue weighted by molar-refractivity contribution is -0.384. The molecule has 0 amide bonds. The Morgan fingerprint density at radius 1 is 1.45 bits per heavy atom. The van der Waals surface area contributed by atoms with Crippen molar-refractivity contribution in [3.05, 3.63) is 34.1 Å². The van der Waals surface area contributed by atoms with Gasteiger partial charge in [0.1, 0.15) is 11.6 Å². The highest BCUT2D eigenvalue weighted by Gasteiger charge is 2.13. The molecule has 2 aromatic heterocycles. The zero-order valence-corrected chi connectivity index (χ0v) is 11.1. The maximum atomic E-state index is 10.9. The Bertz CT molecular complexity index is 638. The first-order chi connectivity index (χ1) is 9.53. The third kappa shape index (κ3) is 2.83. The molecule has 0 saturated heterocycles. The lowest BCUT2D eigenvalue weighted by Crippen LogP contribution is -2.10. The summed E-state index contributed by atoms with van der Waals surface area (Å²) >= 11 is 0. The van der Waals surface area contributed by atoms with Crippen LogP contribution in [0, 0.1) is 10.1 Å². The third-order valence-corrected chi connectivity index (χ3v) is 2.67. The molecule has 0 aliphatic carbocycles. The van der Waals surface area contributed by atoms with Crippen LogP contribution in [0.25, 0.3) is 0 Å². The van der Waals surface area contributed by atoms with Gasteiger partial charge in [0.05, 0.1) is 28.4 Å². The van der Waals surface area contributed by atoms with Crippen molar-refractivity contribution >= 4 is 23.0 Å². The number of nitro groups is 1. The number of hydrazine groups is 1. The summed E-state index contributed by atoms with van der Waals surface area (Å²) in [6.45, 7) is 1.97. The monoisotopic (exact) mass is 277 g/mol. The first-order valence-corrected chi connectivity index (χ1v) is 5.96. The summed E-state index contributed by atoms with van der Waals surface area (Å²) in [5.74, 6) is 5.80. The van der Waals surface area contributed by atoms with Gasteiger partial charge in [-0.15, -0.1) is 0 Å². The van der Waals surface area contributed by atoms with Gasteiger partial charge in [-0.1, -0.05) is 6.92 Å². The predicted molar refractivity (Wildman–Crippen MR) is 74.6 cm³/mol. The van der Waals surface area contributed by atoms with Gasteiger partial charge in [-0.3, -0.25) is 14.8 Å². The number of nitrogens with two attached hydrogens (primary N) is 1. The van der Waals surface area contributed by atoms with E-state index in [2.05, 4.69) is 20.8 Å². The van der Waals surface area contributed by atoms with E-state index >= 15 is 0 Å². The number of hydrogen-bond donors (Lipinski definition) is 3. The Kier molecular flexibility index (Phi) is 3.80. The Hall–Kier alpha value is -2.68. The number of aromatic nitrogens is 3. The Balaban J connectivity index is 2.37. The maximum absolute atomic E-state index is 10.9. The van der Waals surface area contributed by atoms with Crippen LogP contribution < -0.4 is 16.6 Å². The molecule has 0 fully saturated rings. The molecule has 4 N–H and O–H groups in total. The fourth-order valence-electron chi connectivity index (χ4n) is 1.80. The first-order valence-electron chi connectivity index (χ1n) is 5.96. The van der Waals surface area contributed by atoms with Gasteiger partial charge in [-0.2, -0.15) is 5.10 Å². The van der Waals surface area contributed by atoms with Crippen LogP contribution in [-0.4, -0.2) is 19.7 Å². The molecule has 2 heterocycles. The van der Waals surface area contributed by atoms with Crippen LogP contribution >= 0.6 is 0 Å². The standard InChI is InChI=1S/C11H15N7O2/c1-3-8-9(6-17(2)16-8)13-10-4-7(18(19)20)5-11(14-10)15-12/h4-6H,3,12H2,1-2H3,(H2,13,14,15). The Labute approximate surface area is 114 Å². The number of hydrogen-bond acceptors (Lipinski definition) is 7. The number of anilines is 3. The SMILES string of the molecule is CCc1nn(C)cc1Nc1cc([N+](=O)[O-])cc(NN)n1. The molecule has 0 spiro atoms. The summed E-state index contributed by atoms with van der Waals surface area (Å²) < 4.78 is 1.67. The van der Waals surface area contributed by atoms with Crippen LogP contribution in [0.1, 0.15) is 12.6 Å². The second-order valence-corrected chi connectivity index (χ2v) is 4.14. The summed E-state index contributed by atoms with van der Waals surface area (Å²) in [7, 11) is 1.80. The molecular formula is C11H15N7O2. The van der Waals surface area contributed by atoms with E-state index in [0.29, 0.717) is 5.82 Å². The van der Waals surface area contributed by atoms with Crippen LogP contribution in [0.2, 0.25) is 0 Å². The summed E-state index contributed by atoms with van der Waals surface area (Å²) in [5.41, 5.74) is 3.81. The maximum Gasteiger partial charge on any atom is 0.276 e. The largest absolute Gasteiger partial charge is 0.337 e. The number of aryl methyl sites for hydroxylation is 2. The van der Waals surface area contributed by atoms with Gasteiger partial charge >= 0.3 is 0 Å². The summed E-state index contributed by atoms with van der Waals surface area (Å²) in [6, 6.07) is 2.60. The van der Waals surface area contributed by atoms with Crippen molar-refractivity contribution in [1.82, 2.24) is 14.8 Å². The zero-order chi connectivity index (χ0) is 14.7. The molecule has 9 nitrogen and oxygen atoms in total. The Morgan fingerprint density at radius 2 is 2.15 bits per heavy atom. The van der Waals surface area contributed by atoms with E-state index in [4.69, 9.17) is 5.84 Å². The van der Waals surface area contributed by atoms with E-state index < -0.39 is 4.92 Å². The van der Waals surface area contributed by atoms with Gasteiger partial charge in [0.15, 0.2) is 0 Å². The molecule has 106 valence electrons. The van der Waals surface area contributed by atoms with Crippen molar-refractivity contribution in [2.75, 3.05) is 10.7 Å². The summed E-state index contributed by atoms with van der Waals surface area (Å²) in [5, 5.41) is 18.2. The molecule has 2 rings (SSSR count). The van der Waals surface area contributed by atoms with E-state index in [1.807, 2.05) is 6.92 Å². The van der Waals surface area contributed by atoms with Gasteiger partial charge in [-0.05, 0) is 6.42 Å². The summed E-state index contributed by atoms with van der Waals surface area (Å²) in [4.78, 5) is 14.5. The van der Waals surface area contributed by atoms with Crippen LogP contribution in [0.5, 0.6) is 0 Å². The van der Waals surface area contributed by atoms with Gasteiger partial charge in [-0.25, -0.2) is 10.8 Å². The highest BCUT2D eigenvalue weighted by Crippen LogP contribution is 2.24. The first kappa shape index (κ1) is 13.7. The van der Waals surface area contributed by atoms with E-state index in [1.165, 1.54) is 12.1 Å². The van der Waals surface area contributed by atoms with Gasteiger partial charge in [0.2, 0.25) is 0 Å². The summed E-state index contributed by atoms with van der Waals surface area (Å²) in [6.07, 6.45) is 2.52. The molecule has 0 aliphatic rings. The van der Waals surface area contributed by atoms with Gasteiger partial charge < -0.3 is 10.7 Å². The fourth-order valence-corrected chi connectivity index (χ4v) is 1.80. The Morgan fingerprint density at radius 3 is 2.75 bits per heavy atom. The predicted octanol–water partition coefficient (Wildman–Crippen LogP) is 1.31. The lowest BCUT2D eigenvalue weighted by atomic mass is 10.3. The van der Waals surface area contributed by atoms with Crippen LogP contribution in [0.15, 0.2) is 18.3 Å². The topological polar surface area (TPSA) is 124 Å². The fraction of sp³-hybridized carbons (Fsp3) is 0.273. The third-order valence-electron chi connectivity index (χ3n) is 2.67. The normalized spacial score (nSPS) is 10.3. The highest BCUT2D eigenvalue weighted by molar-refractivity contribution is 5.63. The van der Waals surface area contributed by atoms with Crippen molar-refractivity contribution in [2.45, 2.75) is 13.3 Å². The average molecular weight is 277 g/mol. The van der Waals surface area contributed by atoms with Crippen molar-refractivity contribution in [3.63, 3.8) is 0 Å². The van der Waals surface area contributed by atoms with E-state index in [9.17, 15) is 10.1 Å². The van der Waals surface area contributed by atoms with Crippen molar-refractivity contribution in [2.24, 2.45) is 12.9 Å². The lowest BCUT2D eigenvalue weighted by Gasteiger charge is -2.07. The molecule has 0 saturated carbocycles. The molecule has 0 atom stereocenters. The van der Waals surface area contributed by atoms with E-state index in [0.717, 1.165) is 17.8 Å². The molecule has 0 aliphatic heterocycles. The zero-order valence-electron chi connectivity index (χ0n) is 11.1. The molecule has 0 radical (unpaired) electrons. The number of nitrogens with one attached hydrogen (secondary N) is 2. The number of rotatable bonds is 5. The van der Waals surface area contributed by atoms with Crippen LogP contribution in [0.4, 0.5) is 23.0 Å². The molecule has 0 aromatic carbocycles. The van der Waals surface area contributed by atoms with Crippen molar-refractivity contribution < 1.29 is 4.92 Å². The van der Waals surface area contributed by atoms with Crippen molar-refractivity contribution in [3.8, 4) is 0 Å². The van der Waals surface area contributed by atoms with Crippen LogP contribution in [-0.2, 0) is 13.5 Å². The van der Waals surface area contributed by atoms with Gasteiger partial charge in [0.25, 0.3) is 5.69 Å². The molecular weight excluding hydrogens is 262 g/mol. The van der Waals surface area contributed by atoms with E-state index in [1.54, 1.807) is 17.9 Å². The molecule has 0 bridgehead atoms. The number of pyridine rings is 1. The average Bonchev–Trinajstić information content (AvgIpc) is 2.78. The molecule has 20 heavy (non-hydrogen) atoms. The van der Waals surface area contributed by atoms with E-state index in [-0.39, 0.29) is 11.5 Å². The minimum absolute atomic E-state index is 0.0996. The van der Waals surface area contributed by atoms with Crippen LogP contribution in [0.3, 0.4) is 0 Å². The smallest absolute Gasteiger partial charge is 0.276 e. The quantitative estimate of drug-likeness (QED) is 0.427. The minimum atomic E-state index is -0.502. The second kappa shape index (κ2) is 5.53. The van der Waals surface area contributed by atoms with Crippen molar-refractivity contribution in [1.29, 1.82) is 0 Å². The molecule has 9 heteroatoms. The minimum Gasteiger partial charge on any atom is -0.337 e. The highest BCUT2D eigenvalue weighted by atomic mass is 16.6.